The number of aliphatic carboxylic acids is 1. The van der Waals surface area contributed by atoms with Crippen molar-refractivity contribution in [2.45, 2.75) is 292 Å². The molecule has 678 valence electrons. The summed E-state index contributed by atoms with van der Waals surface area (Å²) >= 11 is 0. The molecule has 5 saturated heterocycles. The number of hydrogen-bond donors (Lipinski definition) is 10. The molecule has 0 radical (unpaired) electrons. The molecule has 122 heavy (non-hydrogen) atoms. The molecule has 10 aliphatic heterocycles. The molecule has 25 atom stereocenters. The molecule has 0 aromatic carbocycles. The number of carbonyl (C=O) groups is 1. The Bertz CT molecular complexity index is 4010. The predicted molar refractivity (Wildman–Crippen MR) is 432 cm³/mol. The second-order valence-electron chi connectivity index (χ2n) is 31.6. The van der Waals surface area contributed by atoms with Gasteiger partial charge in [-0.1, -0.05) is 23.4 Å². The zero-order valence-corrected chi connectivity index (χ0v) is 75.4. The number of hydrogen-bond acceptors (Lipinski definition) is 36. The molecule has 11 N–H and O–H groups in total. The van der Waals surface area contributed by atoms with Crippen molar-refractivity contribution in [1.29, 1.82) is 0 Å². The summed E-state index contributed by atoms with van der Waals surface area (Å²) in [5.74, 6) is 5.89. The van der Waals surface area contributed by atoms with E-state index in [-0.39, 0.29) is 82.5 Å². The molecule has 41 nitrogen and oxygen atoms in total. The van der Waals surface area contributed by atoms with E-state index in [1.54, 1.807) is 118 Å². The number of rotatable bonds is 31. The zero-order chi connectivity index (χ0) is 89.9. The maximum Gasteiger partial charge on any atom is 0.370 e. The van der Waals surface area contributed by atoms with Crippen molar-refractivity contribution in [3.8, 4) is 0 Å². The van der Waals surface area contributed by atoms with Gasteiger partial charge < -0.3 is 143 Å². The standard InChI is InChI=1S/C18H26N2O7.C18H28N2O5.C15H22N4O5.C15H24N2O5.C14H20N4O5.W/c1-10(2)20-11-8-12(17(22)23)26-16(14(11)19-6-7-21)15(24-5)13-9-25-18(3,4)27-13;1-11(2)20-13-9-12(3)24-17(15(13)19-7-8-21)16(22-6)14-10-23-18(4,5)25-14;1-9-7-10(18-19-16)12(17-5-6-20)14(23-9)13(21-4)11-8-22-15(2,3)24-11;1-9-7-10(16)12(17-5-6-18)14(21-9)13(19-4)11-8-20-15(2,3)22-11;1-8-6-9(17-18-15)11(16-4-5-19)13(22-8)12(20)10-7-21-14(2,3)23-10;/h6,8,11,13-16,19-20H,1,9H2,2-5H3,(H,22,23);7,9,13-17,19-20H,1,10H2,2-6H3;5,7,10-14,17H,8H2,1-4H3;5,7,10-14,17H,8,16H2,1-4H3;4,6,9-13,16,20H,7H2,1-3H3;/t11?,13?,14?,15?,16-;13?,14?,15?,16?,17-;2*10?,11?,12?,13?,14-;9?,10?,11?,12?,13-;/m11111./s1. The minimum Gasteiger partial charge on any atom is -0.490 e. The third-order valence-electron chi connectivity index (χ3n) is 20.0. The van der Waals surface area contributed by atoms with E-state index in [9.17, 15) is 39.0 Å². The summed E-state index contributed by atoms with van der Waals surface area (Å²) in [6.07, 6.45) is 6.22. The quantitative estimate of drug-likeness (QED) is 0.0204. The van der Waals surface area contributed by atoms with Crippen LogP contribution in [0.25, 0.3) is 20.9 Å². The molecule has 0 aromatic rings. The van der Waals surface area contributed by atoms with Crippen molar-refractivity contribution < 1.29 is 150 Å². The van der Waals surface area contributed by atoms with E-state index < -0.39 is 144 Å². The number of carboxylic acids is 1. The summed E-state index contributed by atoms with van der Waals surface area (Å²) < 4.78 is 109. The fourth-order valence-corrected chi connectivity index (χ4v) is 15.2. The Morgan fingerprint density at radius 3 is 1.04 bits per heavy atom. The summed E-state index contributed by atoms with van der Waals surface area (Å²) in [6.45, 7) is 38.2. The van der Waals surface area contributed by atoms with E-state index in [1.165, 1.54) is 25.6 Å². The van der Waals surface area contributed by atoms with Gasteiger partial charge in [-0.3, -0.25) is 0 Å². The first kappa shape index (κ1) is 104. The average Bonchev–Trinajstić information content (AvgIpc) is 1.46. The average molecular weight is 1890 g/mol. The number of aliphatic hydroxyl groups is 1. The van der Waals surface area contributed by atoms with Crippen LogP contribution in [-0.4, -0.2) is 288 Å². The molecule has 20 unspecified atom stereocenters. The van der Waals surface area contributed by atoms with Crippen LogP contribution in [0, 0.1) is 0 Å². The van der Waals surface area contributed by atoms with Crippen LogP contribution >= 0.6 is 0 Å². The first-order valence-electron chi connectivity index (χ1n) is 39.0. The summed E-state index contributed by atoms with van der Waals surface area (Å²) in [5.41, 5.74) is 25.1. The Labute approximate surface area is 724 Å². The molecular weight excluding hydrogens is 1770 g/mol. The second kappa shape index (κ2) is 47.9. The van der Waals surface area contributed by atoms with Crippen LogP contribution in [0.15, 0.2) is 125 Å². The van der Waals surface area contributed by atoms with E-state index in [4.69, 9.17) is 107 Å². The van der Waals surface area contributed by atoms with Crippen LogP contribution in [-0.2, 0) is 140 Å². The number of aliphatic hydroxyl groups excluding tert-OH is 1. The van der Waals surface area contributed by atoms with E-state index in [0.29, 0.717) is 42.8 Å². The first-order chi connectivity index (χ1) is 57.1. The number of nitrogens with zero attached hydrogens (tertiary/aromatic N) is 6. The van der Waals surface area contributed by atoms with Crippen LogP contribution in [0.1, 0.15) is 111 Å². The normalized spacial score (nSPS) is 32.3. The third-order valence-corrected chi connectivity index (χ3v) is 20.0. The SMILES string of the molecule is C=C(C)NC1C=C(C(=O)O)O[C@@H](C(OC)C2COC(C)(C)O2)C1NC=C=O.C=C(C)NC1C=C(C)O[C@@H](C(OC)C2COC(C)(C)O2)C1NC=C=O.CC1=CC(N=[N+]=[N-])C(NC=C=O)[C@H](C(O)C2COC(C)(C)O2)O1.COC(C1COC(C)(C)O1)[C@@H]1OC(C)=CC(N)C1NC=C=O.COC(C1COC(C)(C)O1)[C@@H]1OC(C)=CC(N=[N+]=[N-])C1NC=C=O.[W]. The van der Waals surface area contributed by atoms with Gasteiger partial charge in [0.2, 0.25) is 5.76 Å². The fourth-order valence-electron chi connectivity index (χ4n) is 15.2. The van der Waals surface area contributed by atoms with Gasteiger partial charge in [0.1, 0.15) is 115 Å². The number of carbonyl (C=O) groups excluding carboxylic acids is 5. The monoisotopic (exact) mass is 1890 g/mol. The molecule has 10 rings (SSSR count). The van der Waals surface area contributed by atoms with E-state index >= 15 is 0 Å². The van der Waals surface area contributed by atoms with Gasteiger partial charge in [0, 0.05) is 70.7 Å². The third kappa shape index (κ3) is 30.0. The Balaban J connectivity index is 0.000000271. The largest absolute Gasteiger partial charge is 0.490 e. The first-order valence-corrected chi connectivity index (χ1v) is 39.0. The predicted octanol–water partition coefficient (Wildman–Crippen LogP) is 3.87. The summed E-state index contributed by atoms with van der Waals surface area (Å²) in [6, 6.07) is -4.47. The minimum atomic E-state index is -1.21. The zero-order valence-electron chi connectivity index (χ0n) is 72.4. The molecule has 0 saturated carbocycles. The van der Waals surface area contributed by atoms with Gasteiger partial charge in [-0.05, 0) is 152 Å². The Morgan fingerprint density at radius 1 is 0.467 bits per heavy atom. The van der Waals surface area contributed by atoms with E-state index in [1.807, 2.05) is 68.4 Å². The summed E-state index contributed by atoms with van der Waals surface area (Å²) in [4.78, 5) is 70.2. The molecule has 10 heterocycles. The number of nitrogens with one attached hydrogen (secondary N) is 7. The van der Waals surface area contributed by atoms with Crippen LogP contribution in [0.4, 0.5) is 0 Å². The Hall–Kier alpha value is -8.83. The minimum absolute atomic E-state index is 0. The van der Waals surface area contributed by atoms with Crippen molar-refractivity contribution in [3.63, 3.8) is 0 Å². The summed E-state index contributed by atoms with van der Waals surface area (Å²) in [7, 11) is 6.24. The molecular formula is C80H120N14O27W. The fraction of sp³-hybridized carbons (Fsp3) is 0.688. The van der Waals surface area contributed by atoms with Gasteiger partial charge >= 0.3 is 5.97 Å². The van der Waals surface area contributed by atoms with Gasteiger partial charge in [0.15, 0.2) is 35.0 Å². The van der Waals surface area contributed by atoms with E-state index in [0.717, 1.165) is 30.1 Å². The van der Waals surface area contributed by atoms with Crippen molar-refractivity contribution in [3.05, 3.63) is 136 Å². The van der Waals surface area contributed by atoms with Gasteiger partial charge in [0.05, 0.1) is 147 Å². The number of carboxylic acid groups (broad SMARTS) is 1. The molecule has 0 spiro atoms. The summed E-state index contributed by atoms with van der Waals surface area (Å²) in [5, 5.41) is 48.5. The van der Waals surface area contributed by atoms with Crippen LogP contribution in [0.5, 0.6) is 0 Å². The molecule has 10 aliphatic rings. The maximum atomic E-state index is 11.6. The molecule has 0 aliphatic carbocycles. The Morgan fingerprint density at radius 2 is 0.738 bits per heavy atom. The van der Waals surface area contributed by atoms with Crippen LogP contribution < -0.4 is 43.0 Å². The number of azide groups is 2. The number of allylic oxidation sites excluding steroid dienone is 6. The molecule has 0 aromatic heterocycles. The topological polar surface area (TPSA) is 526 Å². The molecule has 42 heteroatoms. The van der Waals surface area contributed by atoms with Crippen molar-refractivity contribution in [1.82, 2.24) is 37.2 Å². The molecule has 0 bridgehead atoms. The Kier molecular flexibility index (Phi) is 40.7. The van der Waals surface area contributed by atoms with Crippen molar-refractivity contribution >= 4 is 35.7 Å². The number of nitrogens with two attached hydrogens (primary N) is 1. The van der Waals surface area contributed by atoms with Gasteiger partial charge in [-0.15, -0.1) is 0 Å². The second-order valence-corrected chi connectivity index (χ2v) is 31.6. The van der Waals surface area contributed by atoms with Crippen LogP contribution in [0.3, 0.4) is 0 Å². The number of methoxy groups -OCH3 is 4. The van der Waals surface area contributed by atoms with Crippen molar-refractivity contribution in [2.75, 3.05) is 61.5 Å². The van der Waals surface area contributed by atoms with Gasteiger partial charge in [-0.2, -0.15) is 0 Å². The van der Waals surface area contributed by atoms with E-state index in [2.05, 4.69) is 70.4 Å². The molecule has 0 amide bonds. The molecule has 5 fully saturated rings. The van der Waals surface area contributed by atoms with Crippen molar-refractivity contribution in [2.24, 2.45) is 16.0 Å². The number of ether oxygens (including phenoxy) is 19. The smallest absolute Gasteiger partial charge is 0.370 e. The maximum absolute atomic E-state index is 11.6. The van der Waals surface area contributed by atoms with Crippen LogP contribution in [0.2, 0.25) is 0 Å². The van der Waals surface area contributed by atoms with Gasteiger partial charge in [0.25, 0.3) is 0 Å². The van der Waals surface area contributed by atoms with Gasteiger partial charge in [-0.25, -0.2) is 28.8 Å².